The van der Waals surface area contributed by atoms with Gasteiger partial charge in [0.2, 0.25) is 0 Å². The van der Waals surface area contributed by atoms with E-state index in [-0.39, 0.29) is 31.1 Å². The molecule has 1 amide bonds. The average molecular weight is 366 g/mol. The molecule has 0 fully saturated rings. The molecule has 144 valence electrons. The Labute approximate surface area is 153 Å². The first kappa shape index (κ1) is 21.4. The minimum Gasteiger partial charge on any atom is -0.461 e. The number of amides is 1. The van der Waals surface area contributed by atoms with Crippen LogP contribution in [0.25, 0.3) is 0 Å². The Morgan fingerprint density at radius 1 is 1.00 bits per heavy atom. The molecule has 1 heterocycles. The van der Waals surface area contributed by atoms with Crippen molar-refractivity contribution in [3.05, 3.63) is 29.1 Å². The minimum atomic E-state index is -0.653. The van der Waals surface area contributed by atoms with Crippen LogP contribution in [0, 0.1) is 0 Å². The normalized spacial score (nSPS) is 10.8. The molecule has 0 aliphatic rings. The van der Waals surface area contributed by atoms with Gasteiger partial charge < -0.3 is 19.1 Å². The Balaban J connectivity index is 3.10. The van der Waals surface area contributed by atoms with Crippen molar-refractivity contribution in [2.45, 2.75) is 46.8 Å². The van der Waals surface area contributed by atoms with Crippen molar-refractivity contribution in [1.82, 2.24) is 9.88 Å². The molecule has 1 aromatic heterocycles. The van der Waals surface area contributed by atoms with Gasteiger partial charge in [-0.3, -0.25) is 0 Å². The fraction of sp³-hybridized carbons (Fsp3) is 0.556. The summed E-state index contributed by atoms with van der Waals surface area (Å²) >= 11 is 0. The molecule has 0 N–H and O–H groups in total. The van der Waals surface area contributed by atoms with Gasteiger partial charge in [0.1, 0.15) is 17.0 Å². The number of rotatable bonds is 6. The Bertz CT molecular complexity index is 630. The van der Waals surface area contributed by atoms with Crippen LogP contribution in [-0.4, -0.2) is 53.8 Å². The minimum absolute atomic E-state index is 0.0232. The highest BCUT2D eigenvalue weighted by Gasteiger charge is 2.21. The monoisotopic (exact) mass is 366 g/mol. The van der Waals surface area contributed by atoms with Crippen molar-refractivity contribution in [1.29, 1.82) is 0 Å². The number of hydrogen-bond donors (Lipinski definition) is 0. The molecule has 0 atom stereocenters. The number of carbonyl (C=O) groups excluding carboxylic acids is 3. The standard InChI is InChI=1S/C18H26N2O6/c1-7-24-15(21)13-9-12(10-14(19-13)16(22)25-8-2)11-20(6)17(23)26-18(3,4)5/h9-10H,7-8,11H2,1-6H3. The fourth-order valence-electron chi connectivity index (χ4n) is 1.98. The molecule has 26 heavy (non-hydrogen) atoms. The molecule has 0 aromatic carbocycles. The van der Waals surface area contributed by atoms with E-state index in [1.807, 2.05) is 0 Å². The summed E-state index contributed by atoms with van der Waals surface area (Å²) in [6, 6.07) is 2.95. The Kier molecular flexibility index (Phi) is 7.55. The van der Waals surface area contributed by atoms with Crippen LogP contribution in [0.3, 0.4) is 0 Å². The van der Waals surface area contributed by atoms with Crippen LogP contribution in [0.1, 0.15) is 61.2 Å². The van der Waals surface area contributed by atoms with Gasteiger partial charge in [-0.25, -0.2) is 19.4 Å². The van der Waals surface area contributed by atoms with Gasteiger partial charge in [0.05, 0.1) is 13.2 Å². The molecule has 0 aliphatic heterocycles. The van der Waals surface area contributed by atoms with Crippen molar-refractivity contribution >= 4 is 18.0 Å². The van der Waals surface area contributed by atoms with Crippen LogP contribution < -0.4 is 0 Å². The largest absolute Gasteiger partial charge is 0.461 e. The molecule has 0 bridgehead atoms. The molecule has 0 radical (unpaired) electrons. The molecule has 0 aliphatic carbocycles. The van der Waals surface area contributed by atoms with Crippen LogP contribution in [0.15, 0.2) is 12.1 Å². The second kappa shape index (κ2) is 9.17. The molecule has 0 unspecified atom stereocenters. The molecular formula is C18H26N2O6. The van der Waals surface area contributed by atoms with Crippen molar-refractivity contribution < 1.29 is 28.6 Å². The van der Waals surface area contributed by atoms with Gasteiger partial charge in [0, 0.05) is 13.6 Å². The highest BCUT2D eigenvalue weighted by Crippen LogP contribution is 2.14. The third kappa shape index (κ3) is 6.70. The lowest BCUT2D eigenvalue weighted by Gasteiger charge is -2.24. The Hall–Kier alpha value is -2.64. The van der Waals surface area contributed by atoms with Crippen molar-refractivity contribution in [2.75, 3.05) is 20.3 Å². The van der Waals surface area contributed by atoms with Crippen molar-refractivity contribution in [3.63, 3.8) is 0 Å². The van der Waals surface area contributed by atoms with E-state index in [1.54, 1.807) is 41.7 Å². The van der Waals surface area contributed by atoms with Gasteiger partial charge in [-0.2, -0.15) is 0 Å². The number of nitrogens with zero attached hydrogens (tertiary/aromatic N) is 2. The second-order valence-corrected chi connectivity index (χ2v) is 6.52. The maximum atomic E-state index is 12.1. The first-order valence-corrected chi connectivity index (χ1v) is 8.36. The summed E-state index contributed by atoms with van der Waals surface area (Å²) in [7, 11) is 1.56. The molecule has 8 heteroatoms. The molecule has 0 saturated heterocycles. The fourth-order valence-corrected chi connectivity index (χ4v) is 1.98. The molecule has 8 nitrogen and oxygen atoms in total. The van der Waals surface area contributed by atoms with Crippen molar-refractivity contribution in [3.8, 4) is 0 Å². The summed E-state index contributed by atoms with van der Waals surface area (Å²) in [6.45, 7) is 9.12. The lowest BCUT2D eigenvalue weighted by molar-refractivity contribution is 0.0285. The predicted molar refractivity (Wildman–Crippen MR) is 93.9 cm³/mol. The molecule has 1 aromatic rings. The van der Waals surface area contributed by atoms with E-state index in [1.165, 1.54) is 17.0 Å². The maximum absolute atomic E-state index is 12.1. The van der Waals surface area contributed by atoms with E-state index in [2.05, 4.69) is 4.98 Å². The Morgan fingerprint density at radius 3 is 1.85 bits per heavy atom. The van der Waals surface area contributed by atoms with E-state index in [0.717, 1.165) is 0 Å². The number of carbonyl (C=O) groups is 3. The zero-order chi connectivity index (χ0) is 19.9. The number of pyridine rings is 1. The van der Waals surface area contributed by atoms with Gasteiger partial charge in [0.25, 0.3) is 0 Å². The number of esters is 2. The Morgan fingerprint density at radius 2 is 1.46 bits per heavy atom. The molecule has 0 saturated carbocycles. The summed E-state index contributed by atoms with van der Waals surface area (Å²) in [5.74, 6) is -1.31. The first-order valence-electron chi connectivity index (χ1n) is 8.36. The SMILES string of the molecule is CCOC(=O)c1cc(CN(C)C(=O)OC(C)(C)C)cc(C(=O)OCC)n1. The summed E-state index contributed by atoms with van der Waals surface area (Å²) in [5, 5.41) is 0. The van der Waals surface area contributed by atoms with E-state index >= 15 is 0 Å². The van der Waals surface area contributed by atoms with Gasteiger partial charge in [-0.05, 0) is 52.3 Å². The zero-order valence-electron chi connectivity index (χ0n) is 16.1. The highest BCUT2D eigenvalue weighted by molar-refractivity contribution is 5.92. The van der Waals surface area contributed by atoms with Crippen LogP contribution in [-0.2, 0) is 20.8 Å². The van der Waals surface area contributed by atoms with E-state index < -0.39 is 23.6 Å². The zero-order valence-corrected chi connectivity index (χ0v) is 16.1. The number of hydrogen-bond acceptors (Lipinski definition) is 7. The quantitative estimate of drug-likeness (QED) is 0.564. The first-order chi connectivity index (χ1) is 12.1. The van der Waals surface area contributed by atoms with E-state index in [4.69, 9.17) is 14.2 Å². The van der Waals surface area contributed by atoms with Crippen molar-refractivity contribution in [2.24, 2.45) is 0 Å². The third-order valence-electron chi connectivity index (χ3n) is 2.98. The van der Waals surface area contributed by atoms with Gasteiger partial charge >= 0.3 is 18.0 Å². The van der Waals surface area contributed by atoms with Gasteiger partial charge in [-0.1, -0.05) is 0 Å². The van der Waals surface area contributed by atoms with E-state index in [9.17, 15) is 14.4 Å². The maximum Gasteiger partial charge on any atom is 0.410 e. The van der Waals surface area contributed by atoms with Crippen LogP contribution in [0.5, 0.6) is 0 Å². The summed E-state index contributed by atoms with van der Waals surface area (Å²) in [4.78, 5) is 41.4. The third-order valence-corrected chi connectivity index (χ3v) is 2.98. The lowest BCUT2D eigenvalue weighted by atomic mass is 10.1. The average Bonchev–Trinajstić information content (AvgIpc) is 2.53. The van der Waals surface area contributed by atoms with Crippen LogP contribution >= 0.6 is 0 Å². The number of ether oxygens (including phenoxy) is 3. The van der Waals surface area contributed by atoms with Gasteiger partial charge in [-0.15, -0.1) is 0 Å². The lowest BCUT2D eigenvalue weighted by Crippen LogP contribution is -2.34. The topological polar surface area (TPSA) is 95.0 Å². The van der Waals surface area contributed by atoms with E-state index in [0.29, 0.717) is 5.56 Å². The van der Waals surface area contributed by atoms with Gasteiger partial charge in [0.15, 0.2) is 0 Å². The van der Waals surface area contributed by atoms with Crippen LogP contribution in [0.2, 0.25) is 0 Å². The summed E-state index contributed by atoms with van der Waals surface area (Å²) < 4.78 is 15.2. The van der Waals surface area contributed by atoms with Crippen LogP contribution in [0.4, 0.5) is 4.79 Å². The molecule has 0 spiro atoms. The smallest absolute Gasteiger partial charge is 0.410 e. The molecular weight excluding hydrogens is 340 g/mol. The predicted octanol–water partition coefficient (Wildman–Crippen LogP) is 2.80. The summed E-state index contributed by atoms with van der Waals surface area (Å²) in [5.41, 5.74) is -0.148. The molecule has 1 rings (SSSR count). The number of aromatic nitrogens is 1. The summed E-state index contributed by atoms with van der Waals surface area (Å²) in [6.07, 6.45) is -0.523. The second-order valence-electron chi connectivity index (χ2n) is 6.52. The highest BCUT2D eigenvalue weighted by atomic mass is 16.6.